The second-order valence-electron chi connectivity index (χ2n) is 8.47. The molecular formula is C26H27N3O6S. The van der Waals surface area contributed by atoms with Crippen molar-refractivity contribution in [3.8, 4) is 22.8 Å². The molecule has 10 heteroatoms. The van der Waals surface area contributed by atoms with Gasteiger partial charge in [0.25, 0.3) is 0 Å². The number of anilines is 1. The summed E-state index contributed by atoms with van der Waals surface area (Å²) < 4.78 is 10.4. The predicted octanol–water partition coefficient (Wildman–Crippen LogP) is 3.77. The van der Waals surface area contributed by atoms with Gasteiger partial charge in [0.1, 0.15) is 0 Å². The highest BCUT2D eigenvalue weighted by molar-refractivity contribution is 7.14. The van der Waals surface area contributed by atoms with Crippen LogP contribution in [0.4, 0.5) is 5.13 Å². The van der Waals surface area contributed by atoms with Crippen LogP contribution in [-0.4, -0.2) is 52.9 Å². The van der Waals surface area contributed by atoms with Crippen LogP contribution in [0, 0.1) is 0 Å². The molecule has 0 spiro atoms. The van der Waals surface area contributed by atoms with E-state index in [1.54, 1.807) is 18.4 Å². The zero-order valence-electron chi connectivity index (χ0n) is 20.2. The molecule has 0 fully saturated rings. The minimum Gasteiger partial charge on any atom is -0.504 e. The molecule has 0 saturated heterocycles. The Morgan fingerprint density at radius 3 is 2.44 bits per heavy atom. The van der Waals surface area contributed by atoms with Crippen LogP contribution in [0.3, 0.4) is 0 Å². The molecule has 0 amide bonds. The third-order valence-corrected chi connectivity index (χ3v) is 7.17. The van der Waals surface area contributed by atoms with Crippen LogP contribution in [0.15, 0.2) is 65.2 Å². The number of nitrogens with zero attached hydrogens (tertiary/aromatic N) is 1. The third-order valence-electron chi connectivity index (χ3n) is 6.41. The second-order valence-corrected chi connectivity index (χ2v) is 9.33. The Balaban J connectivity index is 1.87. The molecule has 3 aromatic rings. The van der Waals surface area contributed by atoms with Crippen molar-refractivity contribution in [2.24, 2.45) is 0 Å². The number of hydrogen-bond acceptors (Lipinski definition) is 10. The minimum atomic E-state index is -1.47. The van der Waals surface area contributed by atoms with Crippen molar-refractivity contribution in [2.45, 2.75) is 31.3 Å². The molecule has 3 unspecified atom stereocenters. The van der Waals surface area contributed by atoms with Crippen LogP contribution in [0.1, 0.15) is 25.3 Å². The first kappa shape index (κ1) is 25.1. The van der Waals surface area contributed by atoms with E-state index in [1.165, 1.54) is 37.7 Å². The maximum absolute atomic E-state index is 13.6. The third kappa shape index (κ3) is 4.24. The molecule has 4 rings (SSSR count). The molecule has 188 valence electrons. The molecule has 1 aliphatic heterocycles. The predicted molar refractivity (Wildman–Crippen MR) is 136 cm³/mol. The summed E-state index contributed by atoms with van der Waals surface area (Å²) in [5.74, 6) is -2.40. The van der Waals surface area contributed by atoms with Gasteiger partial charge in [-0.2, -0.15) is 0 Å². The van der Waals surface area contributed by atoms with E-state index in [0.29, 0.717) is 27.7 Å². The Hall–Kier alpha value is -4.05. The molecule has 2 aromatic carbocycles. The molecular weight excluding hydrogens is 482 g/mol. The van der Waals surface area contributed by atoms with Gasteiger partial charge in [0.2, 0.25) is 0 Å². The largest absolute Gasteiger partial charge is 0.504 e. The quantitative estimate of drug-likeness (QED) is 0.290. The lowest BCUT2D eigenvalue weighted by molar-refractivity contribution is -0.148. The first-order valence-electron chi connectivity index (χ1n) is 11.2. The van der Waals surface area contributed by atoms with Gasteiger partial charge in [-0.1, -0.05) is 30.3 Å². The number of rotatable bonds is 6. The first-order valence-corrected chi connectivity index (χ1v) is 12.1. The number of ether oxygens (including phenoxy) is 2. The van der Waals surface area contributed by atoms with Gasteiger partial charge in [-0.25, -0.2) is 14.6 Å². The van der Waals surface area contributed by atoms with Crippen molar-refractivity contribution in [2.75, 3.05) is 19.5 Å². The molecule has 1 aliphatic rings. The molecule has 3 atom stereocenters. The first-order chi connectivity index (χ1) is 17.2. The number of carbonyl (C=O) groups is 2. The van der Waals surface area contributed by atoms with E-state index in [-0.39, 0.29) is 11.5 Å². The Bertz CT molecular complexity index is 1320. The summed E-state index contributed by atoms with van der Waals surface area (Å²) >= 11 is 1.26. The monoisotopic (exact) mass is 509 g/mol. The van der Waals surface area contributed by atoms with E-state index in [9.17, 15) is 19.8 Å². The Morgan fingerprint density at radius 1 is 1.08 bits per heavy atom. The van der Waals surface area contributed by atoms with Crippen LogP contribution in [0.2, 0.25) is 0 Å². The van der Waals surface area contributed by atoms with Crippen LogP contribution in [-0.2, 0) is 19.1 Å². The number of carbonyl (C=O) groups excluding carboxylic acids is 2. The average molecular weight is 510 g/mol. The lowest BCUT2D eigenvalue weighted by atomic mass is 9.68. The van der Waals surface area contributed by atoms with Crippen LogP contribution in [0.5, 0.6) is 11.5 Å². The van der Waals surface area contributed by atoms with Crippen LogP contribution >= 0.6 is 11.3 Å². The summed E-state index contributed by atoms with van der Waals surface area (Å²) in [6.07, 6.45) is 0. The van der Waals surface area contributed by atoms with E-state index in [1.807, 2.05) is 37.3 Å². The van der Waals surface area contributed by atoms with Gasteiger partial charge in [-0.3, -0.25) is 0 Å². The Kier molecular flexibility index (Phi) is 6.89. The van der Waals surface area contributed by atoms with Gasteiger partial charge in [-0.05, 0) is 37.6 Å². The molecule has 0 radical (unpaired) electrons. The van der Waals surface area contributed by atoms with E-state index < -0.39 is 29.4 Å². The number of hydrogen-bond donors (Lipinski definition) is 4. The van der Waals surface area contributed by atoms with Crippen LogP contribution < -0.4 is 10.6 Å². The Morgan fingerprint density at radius 2 is 1.81 bits per heavy atom. The van der Waals surface area contributed by atoms with Gasteiger partial charge in [0, 0.05) is 16.6 Å². The van der Waals surface area contributed by atoms with Gasteiger partial charge < -0.3 is 30.3 Å². The average Bonchev–Trinajstić information content (AvgIpc) is 3.35. The van der Waals surface area contributed by atoms with E-state index >= 15 is 0 Å². The fourth-order valence-electron chi connectivity index (χ4n) is 4.68. The van der Waals surface area contributed by atoms with Crippen molar-refractivity contribution in [3.05, 3.63) is 70.7 Å². The van der Waals surface area contributed by atoms with E-state index in [4.69, 9.17) is 9.47 Å². The number of methoxy groups -OCH3 is 2. The van der Waals surface area contributed by atoms with Gasteiger partial charge in [0.05, 0.1) is 37.4 Å². The summed E-state index contributed by atoms with van der Waals surface area (Å²) in [5, 5.41) is 28.3. The summed E-state index contributed by atoms with van der Waals surface area (Å²) in [6.45, 7) is 3.61. The zero-order chi connectivity index (χ0) is 26.0. The van der Waals surface area contributed by atoms with Gasteiger partial charge >= 0.3 is 11.9 Å². The Labute approximate surface area is 212 Å². The highest BCUT2D eigenvalue weighted by atomic mass is 32.1. The number of allylic oxidation sites excluding steroid dienone is 1. The SMILES string of the molecule is COC(=O)C1=C(C)NC(C)C(Nc2nc(-c3ccc(O)c(O)c3)cs2)(C(=O)OC)C1c1ccccc1. The van der Waals surface area contributed by atoms with Crippen LogP contribution in [0.25, 0.3) is 11.3 Å². The lowest BCUT2D eigenvalue weighted by Gasteiger charge is -2.47. The fourth-order valence-corrected chi connectivity index (χ4v) is 5.48. The van der Waals surface area contributed by atoms with Gasteiger partial charge in [-0.15, -0.1) is 11.3 Å². The minimum absolute atomic E-state index is 0.234. The summed E-state index contributed by atoms with van der Waals surface area (Å²) in [4.78, 5) is 31.3. The van der Waals surface area contributed by atoms with Crippen molar-refractivity contribution < 1.29 is 29.3 Å². The second kappa shape index (κ2) is 9.90. The molecule has 9 nitrogen and oxygen atoms in total. The molecule has 4 N–H and O–H groups in total. The summed E-state index contributed by atoms with van der Waals surface area (Å²) in [7, 11) is 2.60. The number of benzene rings is 2. The molecule has 0 saturated carbocycles. The van der Waals surface area contributed by atoms with E-state index in [0.717, 1.165) is 5.56 Å². The lowest BCUT2D eigenvalue weighted by Crippen LogP contribution is -2.66. The number of nitrogens with one attached hydrogen (secondary N) is 2. The highest BCUT2D eigenvalue weighted by Crippen LogP contribution is 2.45. The highest BCUT2D eigenvalue weighted by Gasteiger charge is 2.58. The zero-order valence-corrected chi connectivity index (χ0v) is 21.1. The van der Waals surface area contributed by atoms with Crippen molar-refractivity contribution in [1.82, 2.24) is 10.3 Å². The van der Waals surface area contributed by atoms with Gasteiger partial charge in [0.15, 0.2) is 22.2 Å². The number of phenolic OH excluding ortho intramolecular Hbond substituents is 2. The van der Waals surface area contributed by atoms with Crippen molar-refractivity contribution in [1.29, 1.82) is 0 Å². The molecule has 2 heterocycles. The number of phenols is 2. The maximum Gasteiger partial charge on any atom is 0.336 e. The number of aromatic nitrogens is 1. The fraction of sp³-hybridized carbons (Fsp3) is 0.269. The summed E-state index contributed by atoms with van der Waals surface area (Å²) in [5.41, 5.74) is 1.28. The number of aromatic hydroxyl groups is 2. The smallest absolute Gasteiger partial charge is 0.336 e. The molecule has 0 aliphatic carbocycles. The maximum atomic E-state index is 13.6. The standard InChI is InChI=1S/C26H27N3O6S/c1-14-21(23(32)34-3)22(16-8-6-5-7-9-16)26(15(2)27-14,24(33)35-4)29-25-28-18(13-36-25)17-10-11-19(30)20(31)12-17/h5-13,15,22,27,30-31H,1-4H3,(H,28,29). The molecule has 36 heavy (non-hydrogen) atoms. The van der Waals surface area contributed by atoms with Crippen molar-refractivity contribution >= 4 is 28.4 Å². The topological polar surface area (TPSA) is 130 Å². The number of thiazole rings is 1. The normalized spacial score (nSPS) is 21.4. The van der Waals surface area contributed by atoms with Crippen molar-refractivity contribution in [3.63, 3.8) is 0 Å². The van der Waals surface area contributed by atoms with E-state index in [2.05, 4.69) is 15.6 Å². The molecule has 0 bridgehead atoms. The number of esters is 2. The summed E-state index contributed by atoms with van der Waals surface area (Å²) in [6, 6.07) is 13.1. The molecule has 1 aromatic heterocycles.